The van der Waals surface area contributed by atoms with Crippen molar-refractivity contribution in [1.82, 2.24) is 0 Å². The van der Waals surface area contributed by atoms with E-state index in [0.717, 1.165) is 12.1 Å². The van der Waals surface area contributed by atoms with Gasteiger partial charge in [0.2, 0.25) is 5.91 Å². The summed E-state index contributed by atoms with van der Waals surface area (Å²) in [6.45, 7) is 2.12. The molecule has 0 radical (unpaired) electrons. The van der Waals surface area contributed by atoms with Gasteiger partial charge in [-0.2, -0.15) is 0 Å². The number of fused-ring (bicyclic) bond motifs is 1. The van der Waals surface area contributed by atoms with E-state index in [1.54, 1.807) is 0 Å². The Balaban J connectivity index is 1.92. The fourth-order valence-electron chi connectivity index (χ4n) is 2.31. The maximum Gasteiger partial charge on any atom is 0.224 e. The van der Waals surface area contributed by atoms with Crippen LogP contribution in [0.1, 0.15) is 32.1 Å². The van der Waals surface area contributed by atoms with E-state index in [-0.39, 0.29) is 10.7 Å². The van der Waals surface area contributed by atoms with Crippen LogP contribution in [-0.2, 0) is 11.2 Å². The van der Waals surface area contributed by atoms with E-state index in [1.807, 2.05) is 17.4 Å². The van der Waals surface area contributed by atoms with Gasteiger partial charge < -0.3 is 5.32 Å². The Morgan fingerprint density at radius 1 is 1.26 bits per heavy atom. The Labute approximate surface area is 125 Å². The summed E-state index contributed by atoms with van der Waals surface area (Å²) in [6, 6.07) is 10.6. The van der Waals surface area contributed by atoms with Gasteiger partial charge in [-0.05, 0) is 42.7 Å². The first-order valence-corrected chi connectivity index (χ1v) is 8.00. The highest BCUT2D eigenvalue weighted by atomic mass is 79.9. The van der Waals surface area contributed by atoms with Crippen molar-refractivity contribution in [3.8, 4) is 0 Å². The number of hydrogen-bond donors (Lipinski definition) is 1. The second-order valence-electron chi connectivity index (χ2n) is 4.78. The van der Waals surface area contributed by atoms with Crippen LogP contribution in [0.25, 0.3) is 0 Å². The van der Waals surface area contributed by atoms with E-state index in [2.05, 4.69) is 52.4 Å². The number of hydrogen-bond acceptors (Lipinski definition) is 2. The molecule has 2 heterocycles. The van der Waals surface area contributed by atoms with Gasteiger partial charge in [-0.15, -0.1) is 11.3 Å². The molecule has 1 aromatic carbocycles. The van der Waals surface area contributed by atoms with Crippen LogP contribution in [0.15, 0.2) is 30.3 Å². The maximum absolute atomic E-state index is 11.4. The van der Waals surface area contributed by atoms with Crippen molar-refractivity contribution in [1.29, 1.82) is 0 Å². The van der Waals surface area contributed by atoms with Crippen LogP contribution in [0.4, 0.5) is 5.69 Å². The molecule has 4 heteroatoms. The molecular weight excluding hydrogens is 322 g/mol. The summed E-state index contributed by atoms with van der Waals surface area (Å²) in [6.07, 6.45) is 1.42. The average molecular weight is 336 g/mol. The number of halogens is 1. The minimum absolute atomic E-state index is 0.115. The highest BCUT2D eigenvalue weighted by Crippen LogP contribution is 2.37. The lowest BCUT2D eigenvalue weighted by molar-refractivity contribution is -0.116. The molecule has 0 saturated carbocycles. The van der Waals surface area contributed by atoms with Crippen molar-refractivity contribution in [3.63, 3.8) is 0 Å². The van der Waals surface area contributed by atoms with E-state index in [0.29, 0.717) is 6.42 Å². The zero-order chi connectivity index (χ0) is 13.4. The Morgan fingerprint density at radius 2 is 2.11 bits per heavy atom. The summed E-state index contributed by atoms with van der Waals surface area (Å²) in [4.78, 5) is 14.2. The Kier molecular flexibility index (Phi) is 3.46. The molecule has 0 bridgehead atoms. The van der Waals surface area contributed by atoms with Crippen molar-refractivity contribution in [2.75, 3.05) is 5.32 Å². The summed E-state index contributed by atoms with van der Waals surface area (Å²) >= 11 is 5.58. The van der Waals surface area contributed by atoms with E-state index < -0.39 is 0 Å². The summed E-state index contributed by atoms with van der Waals surface area (Å²) in [5.41, 5.74) is 3.44. The third kappa shape index (κ3) is 2.60. The van der Waals surface area contributed by atoms with Gasteiger partial charge in [0.05, 0.1) is 4.83 Å². The third-order valence-corrected chi connectivity index (χ3v) is 5.72. The molecule has 3 rings (SSSR count). The standard InChI is InChI=1S/C15H14BrNOS/c1-9-2-6-13(19-9)15(16)11-3-5-12-10(8-11)4-7-14(18)17-12/h2-3,5-6,8,15H,4,7H2,1H3,(H,17,18). The van der Waals surface area contributed by atoms with E-state index in [1.165, 1.54) is 20.9 Å². The molecule has 2 nitrogen and oxygen atoms in total. The van der Waals surface area contributed by atoms with Gasteiger partial charge in [0, 0.05) is 21.9 Å². The average Bonchev–Trinajstić information content (AvgIpc) is 2.84. The van der Waals surface area contributed by atoms with Crippen LogP contribution in [0.3, 0.4) is 0 Å². The van der Waals surface area contributed by atoms with Gasteiger partial charge in [-0.3, -0.25) is 4.79 Å². The minimum atomic E-state index is 0.115. The molecule has 19 heavy (non-hydrogen) atoms. The van der Waals surface area contributed by atoms with Crippen molar-refractivity contribution >= 4 is 38.9 Å². The van der Waals surface area contributed by atoms with Crippen molar-refractivity contribution < 1.29 is 4.79 Å². The predicted octanol–water partition coefficient (Wildman–Crippen LogP) is 4.43. The lowest BCUT2D eigenvalue weighted by atomic mass is 9.99. The van der Waals surface area contributed by atoms with Gasteiger partial charge in [0.25, 0.3) is 0 Å². The molecule has 1 N–H and O–H groups in total. The Hall–Kier alpha value is -1.13. The highest BCUT2D eigenvalue weighted by Gasteiger charge is 2.18. The van der Waals surface area contributed by atoms with Crippen LogP contribution < -0.4 is 5.32 Å². The number of amides is 1. The molecule has 0 aliphatic carbocycles. The molecule has 1 unspecified atom stereocenters. The zero-order valence-electron chi connectivity index (χ0n) is 10.6. The smallest absolute Gasteiger partial charge is 0.224 e. The number of benzene rings is 1. The lowest BCUT2D eigenvalue weighted by Crippen LogP contribution is -2.19. The first kappa shape index (κ1) is 12.9. The Morgan fingerprint density at radius 3 is 2.84 bits per heavy atom. The Bertz CT molecular complexity index is 635. The molecule has 1 aromatic heterocycles. The van der Waals surface area contributed by atoms with Gasteiger partial charge in [0.15, 0.2) is 0 Å². The van der Waals surface area contributed by atoms with Crippen molar-refractivity contribution in [3.05, 3.63) is 51.2 Å². The largest absolute Gasteiger partial charge is 0.326 e. The second-order valence-corrected chi connectivity index (χ2v) is 7.01. The highest BCUT2D eigenvalue weighted by molar-refractivity contribution is 9.09. The molecule has 0 fully saturated rings. The van der Waals surface area contributed by atoms with Gasteiger partial charge in [0.1, 0.15) is 0 Å². The fraction of sp³-hybridized carbons (Fsp3) is 0.267. The molecular formula is C15H14BrNOS. The predicted molar refractivity (Wildman–Crippen MR) is 83.2 cm³/mol. The number of alkyl halides is 1. The normalized spacial score (nSPS) is 15.8. The van der Waals surface area contributed by atoms with E-state index in [9.17, 15) is 4.79 Å². The molecule has 1 amide bonds. The zero-order valence-corrected chi connectivity index (χ0v) is 13.0. The molecule has 98 valence electrons. The first-order chi connectivity index (χ1) is 9.13. The monoisotopic (exact) mass is 335 g/mol. The van der Waals surface area contributed by atoms with Crippen molar-refractivity contribution in [2.24, 2.45) is 0 Å². The van der Waals surface area contributed by atoms with E-state index in [4.69, 9.17) is 0 Å². The van der Waals surface area contributed by atoms with Gasteiger partial charge in [-0.25, -0.2) is 0 Å². The second kappa shape index (κ2) is 5.10. The minimum Gasteiger partial charge on any atom is -0.326 e. The number of carbonyl (C=O) groups is 1. The molecule has 1 atom stereocenters. The van der Waals surface area contributed by atoms with Crippen LogP contribution in [-0.4, -0.2) is 5.91 Å². The van der Waals surface area contributed by atoms with E-state index >= 15 is 0 Å². The number of nitrogens with one attached hydrogen (secondary N) is 1. The summed E-state index contributed by atoms with van der Waals surface area (Å²) in [5, 5.41) is 2.92. The lowest BCUT2D eigenvalue weighted by Gasteiger charge is -2.19. The maximum atomic E-state index is 11.4. The van der Waals surface area contributed by atoms with Crippen molar-refractivity contribution in [2.45, 2.75) is 24.6 Å². The summed E-state index contributed by atoms with van der Waals surface area (Å²) < 4.78 is 0. The van der Waals surface area contributed by atoms with Gasteiger partial charge >= 0.3 is 0 Å². The molecule has 2 aromatic rings. The molecule has 0 spiro atoms. The topological polar surface area (TPSA) is 29.1 Å². The number of rotatable bonds is 2. The van der Waals surface area contributed by atoms with Gasteiger partial charge in [-0.1, -0.05) is 28.1 Å². The number of carbonyl (C=O) groups excluding carboxylic acids is 1. The number of aryl methyl sites for hydroxylation is 2. The number of anilines is 1. The van der Waals surface area contributed by atoms with Crippen LogP contribution in [0.2, 0.25) is 0 Å². The molecule has 1 aliphatic heterocycles. The SMILES string of the molecule is Cc1ccc(C(Br)c2ccc3c(c2)CCC(=O)N3)s1. The quantitative estimate of drug-likeness (QED) is 0.808. The van der Waals surface area contributed by atoms with Crippen LogP contribution in [0.5, 0.6) is 0 Å². The van der Waals surface area contributed by atoms with Crippen LogP contribution in [0, 0.1) is 6.92 Å². The third-order valence-electron chi connectivity index (χ3n) is 3.33. The van der Waals surface area contributed by atoms with Crippen LogP contribution >= 0.6 is 27.3 Å². The molecule has 1 aliphatic rings. The summed E-state index contributed by atoms with van der Waals surface area (Å²) in [7, 11) is 0. The first-order valence-electron chi connectivity index (χ1n) is 6.26. The number of thiophene rings is 1. The molecule has 0 saturated heterocycles. The fourth-order valence-corrected chi connectivity index (χ4v) is 3.92. The summed E-state index contributed by atoms with van der Waals surface area (Å²) in [5.74, 6) is 0.115.